The molecule has 0 N–H and O–H groups in total. The quantitative estimate of drug-likeness (QED) is 0.625. The maximum atomic E-state index is 12.3. The molecule has 2 nitrogen and oxygen atoms in total. The molecule has 1 rings (SSSR count). The van der Waals surface area contributed by atoms with E-state index in [2.05, 4.69) is 27.7 Å². The predicted octanol–water partition coefficient (Wildman–Crippen LogP) is 5.09. The summed E-state index contributed by atoms with van der Waals surface area (Å²) in [6.45, 7) is 9.02. The molecule has 0 spiro atoms. The summed E-state index contributed by atoms with van der Waals surface area (Å²) in [6.07, 6.45) is 0.515. The van der Waals surface area contributed by atoms with Gasteiger partial charge in [0, 0.05) is 17.2 Å². The Kier molecular flexibility index (Phi) is 7.46. The van der Waals surface area contributed by atoms with Crippen LogP contribution in [0.4, 0.5) is 0 Å². The monoisotopic (exact) mass is 314 g/mol. The van der Waals surface area contributed by atoms with Crippen LogP contribution in [0.2, 0.25) is 5.02 Å². The lowest BCUT2D eigenvalue weighted by Crippen LogP contribution is -2.09. The molecular formula is C16H23ClO2S. The summed E-state index contributed by atoms with van der Waals surface area (Å²) in [4.78, 5) is 12.3. The van der Waals surface area contributed by atoms with E-state index in [9.17, 15) is 4.79 Å². The summed E-state index contributed by atoms with van der Waals surface area (Å²) in [7, 11) is 0. The molecule has 20 heavy (non-hydrogen) atoms. The summed E-state index contributed by atoms with van der Waals surface area (Å²) in [6, 6.07) is 5.25. The third-order valence-electron chi connectivity index (χ3n) is 2.59. The first-order valence-corrected chi connectivity index (χ1v) is 8.40. The second kappa shape index (κ2) is 8.58. The molecule has 0 unspecified atom stereocenters. The molecule has 0 aliphatic rings. The van der Waals surface area contributed by atoms with Crippen molar-refractivity contribution in [2.75, 3.05) is 12.4 Å². The molecule has 4 heteroatoms. The van der Waals surface area contributed by atoms with Crippen molar-refractivity contribution in [3.63, 3.8) is 0 Å². The molecule has 0 aromatic heterocycles. The molecule has 0 heterocycles. The van der Waals surface area contributed by atoms with Crippen LogP contribution in [0.15, 0.2) is 18.2 Å². The predicted molar refractivity (Wildman–Crippen MR) is 88.3 cm³/mol. The highest BCUT2D eigenvalue weighted by Gasteiger charge is 2.14. The minimum Gasteiger partial charge on any atom is -0.493 e. The maximum Gasteiger partial charge on any atom is 0.167 e. The number of halogens is 1. The van der Waals surface area contributed by atoms with E-state index < -0.39 is 0 Å². The van der Waals surface area contributed by atoms with E-state index in [0.717, 1.165) is 5.75 Å². The minimum atomic E-state index is 0.0967. The fraction of sp³-hybridized carbons (Fsp3) is 0.562. The van der Waals surface area contributed by atoms with Gasteiger partial charge in [0.25, 0.3) is 0 Å². The Morgan fingerprint density at radius 2 is 2.00 bits per heavy atom. The summed E-state index contributed by atoms with van der Waals surface area (Å²) >= 11 is 7.78. The Labute approximate surface area is 131 Å². The Morgan fingerprint density at radius 1 is 1.30 bits per heavy atom. The molecule has 0 radical (unpaired) electrons. The smallest absolute Gasteiger partial charge is 0.167 e. The third-order valence-corrected chi connectivity index (χ3v) is 3.94. The lowest BCUT2D eigenvalue weighted by molar-refractivity contribution is 0.0985. The second-order valence-electron chi connectivity index (χ2n) is 5.44. The molecule has 0 fully saturated rings. The van der Waals surface area contributed by atoms with E-state index in [4.69, 9.17) is 16.3 Å². The number of hydrogen-bond donors (Lipinski definition) is 0. The van der Waals surface area contributed by atoms with E-state index in [-0.39, 0.29) is 5.78 Å². The van der Waals surface area contributed by atoms with Gasteiger partial charge in [-0.3, -0.25) is 4.79 Å². The van der Waals surface area contributed by atoms with Gasteiger partial charge in [-0.1, -0.05) is 39.3 Å². The summed E-state index contributed by atoms with van der Waals surface area (Å²) in [5, 5.41) is 1.11. The SMILES string of the molecule is CC(C)COc1ccc(Cl)cc1C(=O)CCSC(C)C. The van der Waals surface area contributed by atoms with Crippen molar-refractivity contribution in [2.45, 2.75) is 39.4 Å². The fourth-order valence-corrected chi connectivity index (χ4v) is 2.57. The summed E-state index contributed by atoms with van der Waals surface area (Å²) in [5.41, 5.74) is 0.600. The Bertz CT molecular complexity index is 444. The van der Waals surface area contributed by atoms with Crippen LogP contribution in [-0.2, 0) is 0 Å². The molecular weight excluding hydrogens is 292 g/mol. The zero-order chi connectivity index (χ0) is 15.1. The third kappa shape index (κ3) is 6.19. The van der Waals surface area contributed by atoms with Gasteiger partial charge in [-0.2, -0.15) is 11.8 Å². The van der Waals surface area contributed by atoms with Gasteiger partial charge >= 0.3 is 0 Å². The molecule has 0 atom stereocenters. The lowest BCUT2D eigenvalue weighted by Gasteiger charge is -2.13. The highest BCUT2D eigenvalue weighted by Crippen LogP contribution is 2.25. The first-order valence-electron chi connectivity index (χ1n) is 6.97. The normalized spacial score (nSPS) is 11.2. The Hall–Kier alpha value is -0.670. The van der Waals surface area contributed by atoms with Gasteiger partial charge in [0.05, 0.1) is 12.2 Å². The van der Waals surface area contributed by atoms with Crippen LogP contribution >= 0.6 is 23.4 Å². The van der Waals surface area contributed by atoms with Crippen molar-refractivity contribution < 1.29 is 9.53 Å². The topological polar surface area (TPSA) is 26.3 Å². The number of carbonyl (C=O) groups excluding carboxylic acids is 1. The molecule has 0 amide bonds. The van der Waals surface area contributed by atoms with E-state index in [0.29, 0.717) is 40.5 Å². The first-order chi connectivity index (χ1) is 9.40. The van der Waals surface area contributed by atoms with Gasteiger partial charge in [-0.25, -0.2) is 0 Å². The minimum absolute atomic E-state index is 0.0967. The lowest BCUT2D eigenvalue weighted by atomic mass is 10.1. The van der Waals surface area contributed by atoms with Crippen LogP contribution in [0.1, 0.15) is 44.5 Å². The number of benzene rings is 1. The zero-order valence-corrected chi connectivity index (χ0v) is 14.2. The van der Waals surface area contributed by atoms with Gasteiger partial charge in [-0.15, -0.1) is 0 Å². The van der Waals surface area contributed by atoms with E-state index in [1.165, 1.54) is 0 Å². The summed E-state index contributed by atoms with van der Waals surface area (Å²) < 4.78 is 5.72. The molecule has 1 aromatic rings. The van der Waals surface area contributed by atoms with Crippen LogP contribution < -0.4 is 4.74 Å². The number of carbonyl (C=O) groups is 1. The van der Waals surface area contributed by atoms with Gasteiger partial charge in [0.2, 0.25) is 0 Å². The van der Waals surface area contributed by atoms with Crippen LogP contribution in [0.5, 0.6) is 5.75 Å². The molecule has 0 aliphatic heterocycles. The number of hydrogen-bond acceptors (Lipinski definition) is 3. The highest BCUT2D eigenvalue weighted by atomic mass is 35.5. The number of ketones is 1. The number of rotatable bonds is 8. The van der Waals surface area contributed by atoms with Crippen molar-refractivity contribution in [1.82, 2.24) is 0 Å². The van der Waals surface area contributed by atoms with Crippen molar-refractivity contribution in [3.05, 3.63) is 28.8 Å². The molecule has 0 saturated heterocycles. The van der Waals surface area contributed by atoms with E-state index in [1.54, 1.807) is 30.0 Å². The van der Waals surface area contributed by atoms with Gasteiger partial charge in [0.15, 0.2) is 5.78 Å². The standard InChI is InChI=1S/C16H23ClO2S/c1-11(2)10-19-16-6-5-13(17)9-14(16)15(18)7-8-20-12(3)4/h5-6,9,11-12H,7-8,10H2,1-4H3. The number of thioether (sulfide) groups is 1. The first kappa shape index (κ1) is 17.4. The molecule has 0 bridgehead atoms. The molecule has 1 aromatic carbocycles. The fourth-order valence-electron chi connectivity index (χ4n) is 1.62. The number of Topliss-reactive ketones (excluding diaryl/α,β-unsaturated/α-hetero) is 1. The largest absolute Gasteiger partial charge is 0.493 e. The zero-order valence-electron chi connectivity index (χ0n) is 12.6. The maximum absolute atomic E-state index is 12.3. The van der Waals surface area contributed by atoms with Crippen molar-refractivity contribution in [3.8, 4) is 5.75 Å². The van der Waals surface area contributed by atoms with Gasteiger partial charge < -0.3 is 4.74 Å². The van der Waals surface area contributed by atoms with Crippen LogP contribution in [0.25, 0.3) is 0 Å². The van der Waals surface area contributed by atoms with E-state index >= 15 is 0 Å². The Morgan fingerprint density at radius 3 is 2.60 bits per heavy atom. The molecule has 0 saturated carbocycles. The average Bonchev–Trinajstić information content (AvgIpc) is 2.36. The molecule has 112 valence electrons. The highest BCUT2D eigenvalue weighted by molar-refractivity contribution is 7.99. The van der Waals surface area contributed by atoms with Crippen LogP contribution in [0, 0.1) is 5.92 Å². The number of ether oxygens (including phenoxy) is 1. The van der Waals surface area contributed by atoms with Gasteiger partial charge in [-0.05, 0) is 29.4 Å². The average molecular weight is 315 g/mol. The van der Waals surface area contributed by atoms with Crippen molar-refractivity contribution in [2.24, 2.45) is 5.92 Å². The van der Waals surface area contributed by atoms with E-state index in [1.807, 2.05) is 0 Å². The Balaban J connectivity index is 2.74. The van der Waals surface area contributed by atoms with Gasteiger partial charge in [0.1, 0.15) is 5.75 Å². The second-order valence-corrected chi connectivity index (χ2v) is 7.56. The van der Waals surface area contributed by atoms with Crippen LogP contribution in [-0.4, -0.2) is 23.4 Å². The van der Waals surface area contributed by atoms with Crippen molar-refractivity contribution in [1.29, 1.82) is 0 Å². The molecule has 0 aliphatic carbocycles. The van der Waals surface area contributed by atoms with Crippen molar-refractivity contribution >= 4 is 29.1 Å². The van der Waals surface area contributed by atoms with Crippen LogP contribution in [0.3, 0.4) is 0 Å². The summed E-state index contributed by atoms with van der Waals surface area (Å²) in [5.74, 6) is 1.99.